The van der Waals surface area contributed by atoms with E-state index in [1.54, 1.807) is 6.92 Å². The van der Waals surface area contributed by atoms with E-state index < -0.39 is 11.7 Å². The van der Waals surface area contributed by atoms with E-state index in [0.717, 1.165) is 11.6 Å². The zero-order valence-electron chi connectivity index (χ0n) is 12.1. The number of aromatic nitrogens is 1. The van der Waals surface area contributed by atoms with Crippen LogP contribution in [0.1, 0.15) is 16.1 Å². The first-order valence-electron chi connectivity index (χ1n) is 6.84. The Kier molecular flexibility index (Phi) is 4.12. The first-order valence-corrected chi connectivity index (χ1v) is 7.22. The van der Waals surface area contributed by atoms with Crippen molar-refractivity contribution in [3.8, 4) is 11.3 Å². The summed E-state index contributed by atoms with van der Waals surface area (Å²) in [4.78, 5) is 12.6. The Bertz CT molecular complexity index is 862. The van der Waals surface area contributed by atoms with Gasteiger partial charge in [-0.05, 0) is 25.1 Å². The molecule has 1 N–H and O–H groups in total. The molecule has 0 aliphatic carbocycles. The highest BCUT2D eigenvalue weighted by atomic mass is 35.5. The van der Waals surface area contributed by atoms with Crippen LogP contribution in [0.2, 0.25) is 5.02 Å². The molecule has 0 saturated carbocycles. The summed E-state index contributed by atoms with van der Waals surface area (Å²) in [5.74, 6) is -0.505. The van der Waals surface area contributed by atoms with Gasteiger partial charge in [0.2, 0.25) is 0 Å². The number of amides is 1. The average molecular weight is 331 g/mol. The van der Waals surface area contributed by atoms with Crippen LogP contribution in [0.3, 0.4) is 0 Å². The molecule has 2 aromatic carbocycles. The minimum absolute atomic E-state index is 0.119. The molecule has 4 nitrogen and oxygen atoms in total. The Balaban J connectivity index is 1.96. The Labute approximate surface area is 136 Å². The number of nitrogens with zero attached hydrogens (tertiary/aromatic N) is 1. The number of nitrogens with one attached hydrogen (secondary N) is 1. The second-order valence-electron chi connectivity index (χ2n) is 4.91. The van der Waals surface area contributed by atoms with E-state index in [0.29, 0.717) is 22.7 Å². The molecule has 116 valence electrons. The largest absolute Gasteiger partial charge is 0.360 e. The van der Waals surface area contributed by atoms with Crippen LogP contribution in [0.15, 0.2) is 53.1 Å². The number of halogens is 2. The Morgan fingerprint density at radius 3 is 2.65 bits per heavy atom. The molecule has 0 radical (unpaired) electrons. The standard InChI is InChI=1S/C17H12ClFN2O2/c1-10-15(16(21-23-10)11-5-3-2-4-6-11)17(22)20-14-8-7-12(19)9-13(14)18/h2-9H,1H3,(H,20,22). The Morgan fingerprint density at radius 2 is 1.96 bits per heavy atom. The minimum Gasteiger partial charge on any atom is -0.360 e. The van der Waals surface area contributed by atoms with E-state index in [-0.39, 0.29) is 5.02 Å². The second kappa shape index (κ2) is 6.22. The van der Waals surface area contributed by atoms with Gasteiger partial charge in [0.25, 0.3) is 5.91 Å². The average Bonchev–Trinajstić information content (AvgIpc) is 2.93. The van der Waals surface area contributed by atoms with Gasteiger partial charge in [0.15, 0.2) is 0 Å². The number of rotatable bonds is 3. The van der Waals surface area contributed by atoms with Crippen LogP contribution in [0.5, 0.6) is 0 Å². The third kappa shape index (κ3) is 3.10. The number of hydrogen-bond acceptors (Lipinski definition) is 3. The van der Waals surface area contributed by atoms with Crippen molar-refractivity contribution >= 4 is 23.2 Å². The summed E-state index contributed by atoms with van der Waals surface area (Å²) in [7, 11) is 0. The van der Waals surface area contributed by atoms with Crippen LogP contribution in [0, 0.1) is 12.7 Å². The van der Waals surface area contributed by atoms with Gasteiger partial charge in [-0.3, -0.25) is 4.79 Å². The normalized spacial score (nSPS) is 10.6. The van der Waals surface area contributed by atoms with Gasteiger partial charge in [-0.15, -0.1) is 0 Å². The van der Waals surface area contributed by atoms with Gasteiger partial charge in [0.1, 0.15) is 22.8 Å². The molecule has 0 unspecified atom stereocenters. The van der Waals surface area contributed by atoms with Crippen LogP contribution in [0.25, 0.3) is 11.3 Å². The maximum atomic E-state index is 13.1. The second-order valence-corrected chi connectivity index (χ2v) is 5.31. The number of hydrogen-bond donors (Lipinski definition) is 1. The van der Waals surface area contributed by atoms with Gasteiger partial charge in [-0.2, -0.15) is 0 Å². The van der Waals surface area contributed by atoms with Crippen molar-refractivity contribution in [2.75, 3.05) is 5.32 Å². The third-order valence-electron chi connectivity index (χ3n) is 3.32. The summed E-state index contributed by atoms with van der Waals surface area (Å²) in [6.45, 7) is 1.65. The van der Waals surface area contributed by atoms with Gasteiger partial charge in [0.05, 0.1) is 10.7 Å². The monoisotopic (exact) mass is 330 g/mol. The summed E-state index contributed by atoms with van der Waals surface area (Å²) in [6, 6.07) is 13.0. The molecule has 1 heterocycles. The van der Waals surface area contributed by atoms with Crippen LogP contribution in [-0.2, 0) is 0 Å². The van der Waals surface area contributed by atoms with Crippen molar-refractivity contribution in [3.05, 3.63) is 70.7 Å². The quantitative estimate of drug-likeness (QED) is 0.757. The molecule has 23 heavy (non-hydrogen) atoms. The van der Waals surface area contributed by atoms with Crippen molar-refractivity contribution in [1.29, 1.82) is 0 Å². The molecule has 0 aliphatic heterocycles. The number of anilines is 1. The van der Waals surface area contributed by atoms with E-state index in [4.69, 9.17) is 16.1 Å². The molecular weight excluding hydrogens is 319 g/mol. The fourth-order valence-electron chi connectivity index (χ4n) is 2.21. The van der Waals surface area contributed by atoms with Gasteiger partial charge in [-0.1, -0.05) is 47.1 Å². The van der Waals surface area contributed by atoms with Crippen LogP contribution < -0.4 is 5.32 Å². The molecule has 0 fully saturated rings. The molecule has 0 aliphatic rings. The highest BCUT2D eigenvalue weighted by Crippen LogP contribution is 2.28. The molecule has 0 atom stereocenters. The van der Waals surface area contributed by atoms with Crippen molar-refractivity contribution in [2.24, 2.45) is 0 Å². The first-order chi connectivity index (χ1) is 11.1. The van der Waals surface area contributed by atoms with Crippen LogP contribution in [-0.4, -0.2) is 11.1 Å². The van der Waals surface area contributed by atoms with Gasteiger partial charge in [-0.25, -0.2) is 4.39 Å². The van der Waals surface area contributed by atoms with E-state index in [9.17, 15) is 9.18 Å². The number of carbonyl (C=O) groups is 1. The predicted octanol–water partition coefficient (Wildman–Crippen LogP) is 4.69. The summed E-state index contributed by atoms with van der Waals surface area (Å²) in [5, 5.41) is 6.73. The molecule has 6 heteroatoms. The fourth-order valence-corrected chi connectivity index (χ4v) is 2.42. The van der Waals surface area contributed by atoms with Gasteiger partial charge < -0.3 is 9.84 Å². The van der Waals surface area contributed by atoms with E-state index >= 15 is 0 Å². The zero-order valence-corrected chi connectivity index (χ0v) is 12.9. The minimum atomic E-state index is -0.473. The maximum Gasteiger partial charge on any atom is 0.261 e. The molecule has 1 aromatic heterocycles. The van der Waals surface area contributed by atoms with Crippen molar-refractivity contribution < 1.29 is 13.7 Å². The summed E-state index contributed by atoms with van der Waals surface area (Å²) in [6.07, 6.45) is 0. The highest BCUT2D eigenvalue weighted by molar-refractivity contribution is 6.34. The first kappa shape index (κ1) is 15.2. The van der Waals surface area contributed by atoms with E-state index in [2.05, 4.69) is 10.5 Å². The number of aryl methyl sites for hydroxylation is 1. The van der Waals surface area contributed by atoms with Gasteiger partial charge >= 0.3 is 0 Å². The lowest BCUT2D eigenvalue weighted by Crippen LogP contribution is -2.13. The van der Waals surface area contributed by atoms with E-state index in [1.165, 1.54) is 12.1 Å². The lowest BCUT2D eigenvalue weighted by atomic mass is 10.1. The lowest BCUT2D eigenvalue weighted by Gasteiger charge is -2.07. The zero-order chi connectivity index (χ0) is 16.4. The SMILES string of the molecule is Cc1onc(-c2ccccc2)c1C(=O)Nc1ccc(F)cc1Cl. The van der Waals surface area contributed by atoms with E-state index in [1.807, 2.05) is 30.3 Å². The van der Waals surface area contributed by atoms with Gasteiger partial charge in [0, 0.05) is 5.56 Å². The van der Waals surface area contributed by atoms with Crippen molar-refractivity contribution in [2.45, 2.75) is 6.92 Å². The third-order valence-corrected chi connectivity index (χ3v) is 3.63. The Morgan fingerprint density at radius 1 is 1.22 bits per heavy atom. The summed E-state index contributed by atoms with van der Waals surface area (Å²) >= 11 is 5.94. The number of carbonyl (C=O) groups excluding carboxylic acids is 1. The topological polar surface area (TPSA) is 55.1 Å². The van der Waals surface area contributed by atoms with Crippen LogP contribution >= 0.6 is 11.6 Å². The molecule has 0 bridgehead atoms. The predicted molar refractivity (Wildman–Crippen MR) is 86.0 cm³/mol. The molecule has 3 rings (SSSR count). The fraction of sp³-hybridized carbons (Fsp3) is 0.0588. The highest BCUT2D eigenvalue weighted by Gasteiger charge is 2.22. The Hall–Kier alpha value is -2.66. The van der Waals surface area contributed by atoms with Crippen molar-refractivity contribution in [3.63, 3.8) is 0 Å². The molecule has 3 aromatic rings. The summed E-state index contributed by atoms with van der Waals surface area (Å²) in [5.41, 5.74) is 1.84. The van der Waals surface area contributed by atoms with Crippen molar-refractivity contribution in [1.82, 2.24) is 5.16 Å². The molecular formula is C17H12ClFN2O2. The maximum absolute atomic E-state index is 13.1. The molecule has 0 spiro atoms. The smallest absolute Gasteiger partial charge is 0.261 e. The number of benzene rings is 2. The molecule has 1 amide bonds. The van der Waals surface area contributed by atoms with Crippen LogP contribution in [0.4, 0.5) is 10.1 Å². The lowest BCUT2D eigenvalue weighted by molar-refractivity contribution is 0.102. The summed E-state index contributed by atoms with van der Waals surface area (Å²) < 4.78 is 18.2. The molecule has 0 saturated heterocycles.